The zero-order valence-electron chi connectivity index (χ0n) is 9.69. The van der Waals surface area contributed by atoms with Crippen molar-refractivity contribution in [1.29, 1.82) is 0 Å². The van der Waals surface area contributed by atoms with Crippen LogP contribution in [-0.4, -0.2) is 23.4 Å². The Hall–Kier alpha value is -1.42. The molecule has 0 spiro atoms. The predicted molar refractivity (Wildman–Crippen MR) is 60.8 cm³/mol. The molecular weight excluding hydrogens is 206 g/mol. The van der Waals surface area contributed by atoms with Gasteiger partial charge >= 0.3 is 0 Å². The summed E-state index contributed by atoms with van der Waals surface area (Å²) in [5, 5.41) is 19.1. The first-order chi connectivity index (χ1) is 7.39. The largest absolute Gasteiger partial charge is 0.504 e. The van der Waals surface area contributed by atoms with Crippen molar-refractivity contribution in [1.82, 2.24) is 0 Å². The molecule has 0 amide bonds. The van der Waals surface area contributed by atoms with Gasteiger partial charge in [0.15, 0.2) is 11.5 Å². The summed E-state index contributed by atoms with van der Waals surface area (Å²) >= 11 is 0. The number of ether oxygens (including phenoxy) is 1. The van der Waals surface area contributed by atoms with Gasteiger partial charge in [-0.2, -0.15) is 0 Å². The van der Waals surface area contributed by atoms with Crippen LogP contribution in [0.3, 0.4) is 0 Å². The quantitative estimate of drug-likeness (QED) is 0.665. The molecule has 2 atom stereocenters. The molecule has 1 aromatic rings. The maximum absolute atomic E-state index is 9.57. The van der Waals surface area contributed by atoms with Gasteiger partial charge in [-0.15, -0.1) is 0 Å². The van der Waals surface area contributed by atoms with Crippen LogP contribution in [0.1, 0.15) is 25.3 Å². The lowest BCUT2D eigenvalue weighted by molar-refractivity contribution is 0.350. The smallest absolute Gasteiger partial charge is 0.200 e. The maximum Gasteiger partial charge on any atom is 0.200 e. The monoisotopic (exact) mass is 223 g/mol. The van der Waals surface area contributed by atoms with E-state index in [1.807, 2.05) is 0 Å². The topological polar surface area (TPSA) is 75.7 Å². The molecule has 0 bridgehead atoms. The Balaban J connectivity index is 2.41. The minimum Gasteiger partial charge on any atom is -0.504 e. The van der Waals surface area contributed by atoms with Crippen molar-refractivity contribution < 1.29 is 14.9 Å². The van der Waals surface area contributed by atoms with E-state index in [1.54, 1.807) is 12.1 Å². The van der Waals surface area contributed by atoms with Gasteiger partial charge in [-0.1, -0.05) is 13.8 Å². The van der Waals surface area contributed by atoms with Gasteiger partial charge in [-0.25, -0.2) is 0 Å². The molecule has 1 saturated carbocycles. The highest BCUT2D eigenvalue weighted by Crippen LogP contribution is 2.58. The fourth-order valence-corrected chi connectivity index (χ4v) is 2.26. The van der Waals surface area contributed by atoms with E-state index in [1.165, 1.54) is 7.11 Å². The fraction of sp³-hybridized carbons (Fsp3) is 0.500. The van der Waals surface area contributed by atoms with Gasteiger partial charge in [0.05, 0.1) is 7.11 Å². The molecule has 0 aromatic heterocycles. The summed E-state index contributed by atoms with van der Waals surface area (Å²) < 4.78 is 5.00. The van der Waals surface area contributed by atoms with Crippen LogP contribution in [0.5, 0.6) is 17.2 Å². The first-order valence-corrected chi connectivity index (χ1v) is 5.25. The van der Waals surface area contributed by atoms with Crippen LogP contribution < -0.4 is 10.5 Å². The van der Waals surface area contributed by atoms with Crippen molar-refractivity contribution >= 4 is 0 Å². The van der Waals surface area contributed by atoms with Crippen molar-refractivity contribution in [3.8, 4) is 17.2 Å². The molecule has 4 nitrogen and oxygen atoms in total. The molecule has 1 fully saturated rings. The maximum atomic E-state index is 9.57. The number of nitrogens with two attached hydrogens (primary N) is 1. The number of hydrogen-bond donors (Lipinski definition) is 3. The number of hydrogen-bond acceptors (Lipinski definition) is 4. The third-order valence-electron chi connectivity index (χ3n) is 3.57. The van der Waals surface area contributed by atoms with E-state index in [9.17, 15) is 10.2 Å². The zero-order chi connectivity index (χ0) is 12.1. The molecule has 0 unspecified atom stereocenters. The van der Waals surface area contributed by atoms with Crippen molar-refractivity contribution in [3.05, 3.63) is 17.7 Å². The summed E-state index contributed by atoms with van der Waals surface area (Å²) in [6.45, 7) is 4.16. The van der Waals surface area contributed by atoms with E-state index in [4.69, 9.17) is 10.5 Å². The summed E-state index contributed by atoms with van der Waals surface area (Å²) in [6.07, 6.45) is 0. The third kappa shape index (κ3) is 1.41. The van der Waals surface area contributed by atoms with Gasteiger partial charge in [-0.05, 0) is 23.1 Å². The van der Waals surface area contributed by atoms with Gasteiger partial charge < -0.3 is 20.7 Å². The Labute approximate surface area is 94.7 Å². The van der Waals surface area contributed by atoms with E-state index in [0.29, 0.717) is 0 Å². The third-order valence-corrected chi connectivity index (χ3v) is 3.57. The highest BCUT2D eigenvalue weighted by atomic mass is 16.5. The van der Waals surface area contributed by atoms with Crippen LogP contribution in [-0.2, 0) is 0 Å². The summed E-state index contributed by atoms with van der Waals surface area (Å²) in [7, 11) is 1.45. The highest BCUT2D eigenvalue weighted by molar-refractivity contribution is 5.54. The Morgan fingerprint density at radius 2 is 1.88 bits per heavy atom. The molecule has 2 rings (SSSR count). The van der Waals surface area contributed by atoms with Gasteiger partial charge in [0.1, 0.15) is 0 Å². The normalized spacial score (nSPS) is 26.5. The lowest BCUT2D eigenvalue weighted by atomic mass is 10.0. The van der Waals surface area contributed by atoms with E-state index in [0.717, 1.165) is 5.56 Å². The Morgan fingerprint density at radius 1 is 1.31 bits per heavy atom. The Kier molecular flexibility index (Phi) is 2.27. The zero-order valence-corrected chi connectivity index (χ0v) is 9.69. The second-order valence-electron chi connectivity index (χ2n) is 4.92. The number of rotatable bonds is 2. The van der Waals surface area contributed by atoms with Crippen molar-refractivity contribution in [2.45, 2.75) is 25.8 Å². The molecule has 1 aliphatic carbocycles. The highest BCUT2D eigenvalue weighted by Gasteiger charge is 2.56. The first kappa shape index (κ1) is 11.1. The molecule has 4 heteroatoms. The molecule has 0 radical (unpaired) electrons. The van der Waals surface area contributed by atoms with Crippen LogP contribution in [0.4, 0.5) is 0 Å². The average Bonchev–Trinajstić information content (AvgIpc) is 2.71. The van der Waals surface area contributed by atoms with Gasteiger partial charge in [0, 0.05) is 12.0 Å². The second-order valence-corrected chi connectivity index (χ2v) is 4.92. The van der Waals surface area contributed by atoms with E-state index in [-0.39, 0.29) is 34.6 Å². The molecule has 4 N–H and O–H groups in total. The van der Waals surface area contributed by atoms with Crippen LogP contribution in [0.2, 0.25) is 0 Å². The van der Waals surface area contributed by atoms with E-state index >= 15 is 0 Å². The van der Waals surface area contributed by atoms with Crippen LogP contribution in [0.15, 0.2) is 12.1 Å². The minimum absolute atomic E-state index is 0.0361. The van der Waals surface area contributed by atoms with Crippen molar-refractivity contribution in [2.75, 3.05) is 7.11 Å². The number of benzene rings is 1. The summed E-state index contributed by atoms with van der Waals surface area (Å²) in [4.78, 5) is 0. The van der Waals surface area contributed by atoms with E-state index in [2.05, 4.69) is 13.8 Å². The molecular formula is C12H17NO3. The van der Waals surface area contributed by atoms with Gasteiger partial charge in [0.25, 0.3) is 0 Å². The predicted octanol–water partition coefficient (Wildman–Crippen LogP) is 1.56. The lowest BCUT2D eigenvalue weighted by Gasteiger charge is -2.09. The van der Waals surface area contributed by atoms with Crippen LogP contribution in [0.25, 0.3) is 0 Å². The van der Waals surface area contributed by atoms with Crippen molar-refractivity contribution in [2.24, 2.45) is 11.1 Å². The van der Waals surface area contributed by atoms with Gasteiger partial charge in [-0.3, -0.25) is 0 Å². The SMILES string of the molecule is COc1cc([C@@H]2[C@@H](N)C2(C)C)cc(O)c1O. The average molecular weight is 223 g/mol. The Morgan fingerprint density at radius 3 is 2.31 bits per heavy atom. The molecule has 1 aromatic carbocycles. The molecule has 0 saturated heterocycles. The fourth-order valence-electron chi connectivity index (χ4n) is 2.26. The molecule has 88 valence electrons. The summed E-state index contributed by atoms with van der Waals surface area (Å²) in [5.41, 5.74) is 6.91. The number of aromatic hydroxyl groups is 2. The molecule has 0 heterocycles. The summed E-state index contributed by atoms with van der Waals surface area (Å²) in [5.74, 6) is 0.0975. The number of phenolic OH excluding ortho intramolecular Hbond substituents is 2. The van der Waals surface area contributed by atoms with Crippen LogP contribution >= 0.6 is 0 Å². The van der Waals surface area contributed by atoms with E-state index < -0.39 is 0 Å². The van der Waals surface area contributed by atoms with Crippen molar-refractivity contribution in [3.63, 3.8) is 0 Å². The lowest BCUT2D eigenvalue weighted by Crippen LogP contribution is -2.06. The minimum atomic E-state index is -0.224. The van der Waals surface area contributed by atoms with Crippen LogP contribution in [0, 0.1) is 5.41 Å². The summed E-state index contributed by atoms with van der Waals surface area (Å²) in [6, 6.07) is 3.37. The first-order valence-electron chi connectivity index (χ1n) is 5.25. The standard InChI is InChI=1S/C12H17NO3/c1-12(2)9(11(12)13)6-4-7(14)10(15)8(5-6)16-3/h4-5,9,11,14-15H,13H2,1-3H3/t9-,11-/m1/s1. The molecule has 1 aliphatic rings. The molecule has 0 aliphatic heterocycles. The number of methoxy groups -OCH3 is 1. The second kappa shape index (κ2) is 3.28. The molecule has 16 heavy (non-hydrogen) atoms. The Bertz CT molecular complexity index is 429. The number of phenols is 2. The van der Waals surface area contributed by atoms with Gasteiger partial charge in [0.2, 0.25) is 5.75 Å².